The SMILES string of the molecule is CC(CC#N)N(C)C(=S)NC1CCCCC1. The van der Waals surface area contributed by atoms with Gasteiger partial charge in [-0.25, -0.2) is 0 Å². The molecule has 1 fully saturated rings. The Morgan fingerprint density at radius 2 is 2.12 bits per heavy atom. The minimum Gasteiger partial charge on any atom is -0.360 e. The summed E-state index contributed by atoms with van der Waals surface area (Å²) in [6, 6.07) is 2.91. The number of rotatable bonds is 3. The second kappa shape index (κ2) is 6.70. The van der Waals surface area contributed by atoms with Crippen LogP contribution < -0.4 is 5.32 Å². The lowest BCUT2D eigenvalue weighted by Gasteiger charge is -2.31. The molecule has 16 heavy (non-hydrogen) atoms. The van der Waals surface area contributed by atoms with E-state index in [2.05, 4.69) is 11.4 Å². The van der Waals surface area contributed by atoms with Crippen molar-refractivity contribution in [3.63, 3.8) is 0 Å². The van der Waals surface area contributed by atoms with E-state index >= 15 is 0 Å². The maximum atomic E-state index is 8.65. The van der Waals surface area contributed by atoms with Crippen molar-refractivity contribution < 1.29 is 0 Å². The van der Waals surface area contributed by atoms with Gasteiger partial charge in [0.05, 0.1) is 12.5 Å². The fourth-order valence-corrected chi connectivity index (χ4v) is 2.34. The molecule has 1 rings (SSSR count). The molecule has 0 radical (unpaired) electrons. The largest absolute Gasteiger partial charge is 0.360 e. The maximum Gasteiger partial charge on any atom is 0.169 e. The Bertz CT molecular complexity index is 266. The number of hydrogen-bond donors (Lipinski definition) is 1. The van der Waals surface area contributed by atoms with E-state index < -0.39 is 0 Å². The van der Waals surface area contributed by atoms with Gasteiger partial charge in [0, 0.05) is 19.1 Å². The van der Waals surface area contributed by atoms with Gasteiger partial charge in [0.2, 0.25) is 0 Å². The summed E-state index contributed by atoms with van der Waals surface area (Å²) in [5, 5.41) is 12.8. The van der Waals surface area contributed by atoms with E-state index in [0.717, 1.165) is 5.11 Å². The number of nitrogens with one attached hydrogen (secondary N) is 1. The van der Waals surface area contributed by atoms with Gasteiger partial charge in [-0.15, -0.1) is 0 Å². The van der Waals surface area contributed by atoms with Crippen LogP contribution in [0.4, 0.5) is 0 Å². The predicted octanol–water partition coefficient (Wildman–Crippen LogP) is 2.43. The van der Waals surface area contributed by atoms with E-state index in [-0.39, 0.29) is 6.04 Å². The summed E-state index contributed by atoms with van der Waals surface area (Å²) in [6.45, 7) is 2.03. The van der Waals surface area contributed by atoms with Crippen LogP contribution in [0.25, 0.3) is 0 Å². The van der Waals surface area contributed by atoms with Crippen molar-refractivity contribution in [2.24, 2.45) is 0 Å². The third-order valence-corrected chi connectivity index (χ3v) is 3.71. The Hall–Kier alpha value is -0.820. The Balaban J connectivity index is 2.35. The summed E-state index contributed by atoms with van der Waals surface area (Å²) in [6.07, 6.45) is 6.92. The molecule has 1 saturated carbocycles. The fraction of sp³-hybridized carbons (Fsp3) is 0.833. The van der Waals surface area contributed by atoms with E-state index in [1.807, 2.05) is 18.9 Å². The van der Waals surface area contributed by atoms with Crippen LogP contribution in [0.2, 0.25) is 0 Å². The van der Waals surface area contributed by atoms with Crippen molar-refractivity contribution >= 4 is 17.3 Å². The van der Waals surface area contributed by atoms with E-state index in [4.69, 9.17) is 17.5 Å². The fourth-order valence-electron chi connectivity index (χ4n) is 1.99. The minimum atomic E-state index is 0.189. The summed E-state index contributed by atoms with van der Waals surface area (Å²) in [4.78, 5) is 1.99. The second-order valence-corrected chi connectivity index (χ2v) is 4.99. The van der Waals surface area contributed by atoms with Crippen LogP contribution in [-0.2, 0) is 0 Å². The molecule has 90 valence electrons. The predicted molar refractivity (Wildman–Crippen MR) is 70.1 cm³/mol. The highest BCUT2D eigenvalue weighted by atomic mass is 32.1. The zero-order valence-electron chi connectivity index (χ0n) is 10.2. The molecule has 0 aromatic rings. The quantitative estimate of drug-likeness (QED) is 0.768. The number of nitriles is 1. The summed E-state index contributed by atoms with van der Waals surface area (Å²) in [5.41, 5.74) is 0. The van der Waals surface area contributed by atoms with Crippen molar-refractivity contribution in [1.29, 1.82) is 5.26 Å². The lowest BCUT2D eigenvalue weighted by molar-refractivity contribution is 0.360. The molecule has 4 heteroatoms. The second-order valence-electron chi connectivity index (χ2n) is 4.61. The summed E-state index contributed by atoms with van der Waals surface area (Å²) in [5.74, 6) is 0. The minimum absolute atomic E-state index is 0.189. The first-order chi connectivity index (χ1) is 7.65. The molecule has 0 aromatic carbocycles. The van der Waals surface area contributed by atoms with E-state index in [0.29, 0.717) is 12.5 Å². The Labute approximate surface area is 104 Å². The highest BCUT2D eigenvalue weighted by molar-refractivity contribution is 7.80. The van der Waals surface area contributed by atoms with Gasteiger partial charge >= 0.3 is 0 Å². The van der Waals surface area contributed by atoms with E-state index in [1.54, 1.807) is 0 Å². The number of nitrogens with zero attached hydrogens (tertiary/aromatic N) is 2. The van der Waals surface area contributed by atoms with E-state index in [9.17, 15) is 0 Å². The van der Waals surface area contributed by atoms with E-state index in [1.165, 1.54) is 32.1 Å². The molecule has 1 N–H and O–H groups in total. The molecule has 3 nitrogen and oxygen atoms in total. The zero-order valence-corrected chi connectivity index (χ0v) is 11.0. The standard InChI is InChI=1S/C12H21N3S/c1-10(8-9-13)15(2)12(16)14-11-6-4-3-5-7-11/h10-11H,3-8H2,1-2H3,(H,14,16). The smallest absolute Gasteiger partial charge is 0.169 e. The first kappa shape index (κ1) is 13.2. The highest BCUT2D eigenvalue weighted by Gasteiger charge is 2.17. The average molecular weight is 239 g/mol. The lowest BCUT2D eigenvalue weighted by atomic mass is 9.96. The molecule has 1 aliphatic rings. The van der Waals surface area contributed by atoms with Crippen LogP contribution in [0.5, 0.6) is 0 Å². The molecular formula is C12H21N3S. The molecule has 0 aliphatic heterocycles. The van der Waals surface area contributed by atoms with Gasteiger partial charge < -0.3 is 10.2 Å². The van der Waals surface area contributed by atoms with Gasteiger partial charge in [0.1, 0.15) is 0 Å². The van der Waals surface area contributed by atoms with Crippen molar-refractivity contribution in [2.45, 2.75) is 57.5 Å². The Kier molecular flexibility index (Phi) is 5.54. The third kappa shape index (κ3) is 3.97. The van der Waals surface area contributed by atoms with Gasteiger partial charge in [-0.2, -0.15) is 5.26 Å². The highest BCUT2D eigenvalue weighted by Crippen LogP contribution is 2.17. The van der Waals surface area contributed by atoms with Gasteiger partial charge in [0.25, 0.3) is 0 Å². The van der Waals surface area contributed by atoms with Crippen LogP contribution in [0.3, 0.4) is 0 Å². The van der Waals surface area contributed by atoms with Gasteiger partial charge in [-0.05, 0) is 32.0 Å². The molecular weight excluding hydrogens is 218 g/mol. The third-order valence-electron chi connectivity index (χ3n) is 3.30. The zero-order chi connectivity index (χ0) is 12.0. The number of hydrogen-bond acceptors (Lipinski definition) is 2. The normalized spacial score (nSPS) is 18.6. The monoisotopic (exact) mass is 239 g/mol. The topological polar surface area (TPSA) is 39.1 Å². The molecule has 1 unspecified atom stereocenters. The molecule has 0 amide bonds. The first-order valence-electron chi connectivity index (χ1n) is 6.05. The Morgan fingerprint density at radius 1 is 1.50 bits per heavy atom. The molecule has 0 saturated heterocycles. The van der Waals surface area contributed by atoms with Gasteiger partial charge in [-0.1, -0.05) is 19.3 Å². The summed E-state index contributed by atoms with van der Waals surface area (Å²) < 4.78 is 0. The molecule has 1 atom stereocenters. The molecule has 0 spiro atoms. The van der Waals surface area contributed by atoms with Crippen LogP contribution in [0.15, 0.2) is 0 Å². The molecule has 1 aliphatic carbocycles. The van der Waals surface area contributed by atoms with Crippen molar-refractivity contribution in [1.82, 2.24) is 10.2 Å². The molecule has 0 heterocycles. The van der Waals surface area contributed by atoms with Crippen LogP contribution >= 0.6 is 12.2 Å². The molecule has 0 bridgehead atoms. The first-order valence-corrected chi connectivity index (χ1v) is 6.46. The van der Waals surface area contributed by atoms with Gasteiger partial charge in [-0.3, -0.25) is 0 Å². The van der Waals surface area contributed by atoms with Crippen LogP contribution in [0, 0.1) is 11.3 Å². The maximum absolute atomic E-state index is 8.65. The van der Waals surface area contributed by atoms with Crippen molar-refractivity contribution in [3.05, 3.63) is 0 Å². The number of thiocarbonyl (C=S) groups is 1. The lowest BCUT2D eigenvalue weighted by Crippen LogP contribution is -2.46. The van der Waals surface area contributed by atoms with Crippen LogP contribution in [-0.4, -0.2) is 29.1 Å². The van der Waals surface area contributed by atoms with Gasteiger partial charge in [0.15, 0.2) is 5.11 Å². The summed E-state index contributed by atoms with van der Waals surface area (Å²) >= 11 is 5.35. The van der Waals surface area contributed by atoms with Crippen molar-refractivity contribution in [2.75, 3.05) is 7.05 Å². The van der Waals surface area contributed by atoms with Crippen LogP contribution in [0.1, 0.15) is 45.4 Å². The Morgan fingerprint density at radius 3 is 2.69 bits per heavy atom. The average Bonchev–Trinajstić information content (AvgIpc) is 2.29. The summed E-state index contributed by atoms with van der Waals surface area (Å²) in [7, 11) is 1.96. The van der Waals surface area contributed by atoms with Crippen molar-refractivity contribution in [3.8, 4) is 6.07 Å². The molecule has 0 aromatic heterocycles.